The van der Waals surface area contributed by atoms with Crippen LogP contribution < -0.4 is 0 Å². The Morgan fingerprint density at radius 1 is 1.23 bits per heavy atom. The maximum absolute atomic E-state index is 10.5. The van der Waals surface area contributed by atoms with Crippen molar-refractivity contribution >= 4 is 5.97 Å². The minimum absolute atomic E-state index is 0.0215. The Morgan fingerprint density at radius 2 is 2.00 bits per heavy atom. The van der Waals surface area contributed by atoms with Crippen LogP contribution >= 0.6 is 0 Å². The van der Waals surface area contributed by atoms with E-state index >= 15 is 0 Å². The molecule has 150 valence electrons. The van der Waals surface area contributed by atoms with Crippen molar-refractivity contribution < 1.29 is 30.0 Å². The summed E-state index contributed by atoms with van der Waals surface area (Å²) in [6.45, 7) is 2.16. The third kappa shape index (κ3) is 9.48. The van der Waals surface area contributed by atoms with Crippen molar-refractivity contribution in [3.8, 4) is 0 Å². The number of unbranched alkanes of at least 4 members (excludes halogenated alkanes) is 3. The quantitative estimate of drug-likeness (QED) is 0.293. The number of aliphatic hydroxyl groups is 3. The minimum atomic E-state index is -0.882. The highest BCUT2D eigenvalue weighted by Crippen LogP contribution is 2.25. The summed E-state index contributed by atoms with van der Waals surface area (Å²) in [5.41, 5.74) is 0. The summed E-state index contributed by atoms with van der Waals surface area (Å²) in [4.78, 5) is 10.5. The molecular formula is C20H34O6. The summed E-state index contributed by atoms with van der Waals surface area (Å²) in [6, 6.07) is 0. The van der Waals surface area contributed by atoms with Gasteiger partial charge in [0.2, 0.25) is 0 Å². The molecule has 6 nitrogen and oxygen atoms in total. The molecule has 5 atom stereocenters. The first-order chi connectivity index (χ1) is 12.4. The van der Waals surface area contributed by atoms with E-state index in [1.54, 1.807) is 6.08 Å². The number of aliphatic hydroxyl groups excluding tert-OH is 3. The fraction of sp³-hybridized carbons (Fsp3) is 0.750. The van der Waals surface area contributed by atoms with Crippen molar-refractivity contribution in [2.45, 2.75) is 95.2 Å². The summed E-state index contributed by atoms with van der Waals surface area (Å²) in [5.74, 6) is -0.882. The summed E-state index contributed by atoms with van der Waals surface area (Å²) in [5, 5.41) is 38.7. The largest absolute Gasteiger partial charge is 0.481 e. The molecule has 1 fully saturated rings. The van der Waals surface area contributed by atoms with Gasteiger partial charge in [0.15, 0.2) is 0 Å². The first-order valence-electron chi connectivity index (χ1n) is 9.68. The van der Waals surface area contributed by atoms with Crippen LogP contribution in [0.25, 0.3) is 0 Å². The van der Waals surface area contributed by atoms with Gasteiger partial charge >= 0.3 is 5.97 Å². The first kappa shape index (κ1) is 22.8. The average molecular weight is 370 g/mol. The molecule has 0 saturated carbocycles. The lowest BCUT2D eigenvalue weighted by Crippen LogP contribution is -2.25. The molecule has 1 aliphatic heterocycles. The van der Waals surface area contributed by atoms with Gasteiger partial charge in [-0.2, -0.15) is 0 Å². The normalized spacial score (nSPS) is 25.9. The van der Waals surface area contributed by atoms with Gasteiger partial charge in [-0.25, -0.2) is 0 Å². The molecule has 1 rings (SSSR count). The molecule has 0 unspecified atom stereocenters. The lowest BCUT2D eigenvalue weighted by atomic mass is 10.0. The van der Waals surface area contributed by atoms with E-state index in [1.807, 2.05) is 6.08 Å². The van der Waals surface area contributed by atoms with E-state index in [1.165, 1.54) is 18.9 Å². The van der Waals surface area contributed by atoms with Crippen molar-refractivity contribution in [2.24, 2.45) is 0 Å². The average Bonchev–Trinajstić information content (AvgIpc) is 2.96. The molecule has 0 bridgehead atoms. The number of carboxylic acid groups (broad SMARTS) is 1. The fourth-order valence-corrected chi connectivity index (χ4v) is 2.96. The molecule has 0 spiro atoms. The Kier molecular flexibility index (Phi) is 11.4. The monoisotopic (exact) mass is 370 g/mol. The van der Waals surface area contributed by atoms with Crippen LogP contribution in [0.5, 0.6) is 0 Å². The highest BCUT2D eigenvalue weighted by Gasteiger charge is 2.35. The van der Waals surface area contributed by atoms with Crippen LogP contribution in [0.2, 0.25) is 0 Å². The molecule has 1 heterocycles. The standard InChI is InChI=1S/C20H34O6/c1-2-3-4-5-6-7-10-16(22)19-14-17(23)18(26-19)13-12-15(21)9-8-11-20(24)25/h6-7,12-13,15-19,21-23H,2-5,8-11,14H2,1H3,(H,24,25)/b7-6-,13-12+/t15-,16-,17+,18-,19+/m0/s1. The smallest absolute Gasteiger partial charge is 0.303 e. The predicted octanol–water partition coefficient (Wildman–Crippen LogP) is 2.56. The van der Waals surface area contributed by atoms with Gasteiger partial charge in [0, 0.05) is 12.8 Å². The lowest BCUT2D eigenvalue weighted by molar-refractivity contribution is -0.137. The van der Waals surface area contributed by atoms with Crippen LogP contribution in [0.1, 0.15) is 64.7 Å². The van der Waals surface area contributed by atoms with E-state index in [2.05, 4.69) is 13.0 Å². The Morgan fingerprint density at radius 3 is 2.69 bits per heavy atom. The molecule has 0 aromatic carbocycles. The van der Waals surface area contributed by atoms with Gasteiger partial charge in [0.05, 0.1) is 24.4 Å². The molecule has 0 aromatic rings. The summed E-state index contributed by atoms with van der Waals surface area (Å²) >= 11 is 0. The van der Waals surface area contributed by atoms with E-state index in [0.717, 1.165) is 12.8 Å². The third-order valence-corrected chi connectivity index (χ3v) is 4.55. The highest BCUT2D eigenvalue weighted by atomic mass is 16.5. The Bertz CT molecular complexity index is 448. The number of aliphatic carboxylic acids is 1. The Balaban J connectivity index is 2.32. The SMILES string of the molecule is CCCCC/C=C\C[C@H](O)[C@H]1C[C@@H](O)[C@H](/C=C/[C@@H](O)CCCC(=O)O)O1. The second-order valence-corrected chi connectivity index (χ2v) is 6.95. The van der Waals surface area contributed by atoms with E-state index in [4.69, 9.17) is 9.84 Å². The van der Waals surface area contributed by atoms with Crippen molar-refractivity contribution in [1.29, 1.82) is 0 Å². The number of rotatable bonds is 13. The van der Waals surface area contributed by atoms with Gasteiger partial charge in [0.25, 0.3) is 0 Å². The molecule has 26 heavy (non-hydrogen) atoms. The summed E-state index contributed by atoms with van der Waals surface area (Å²) in [7, 11) is 0. The van der Waals surface area contributed by atoms with Crippen LogP contribution in [-0.2, 0) is 9.53 Å². The Labute approximate surface area is 156 Å². The minimum Gasteiger partial charge on any atom is -0.481 e. The van der Waals surface area contributed by atoms with E-state index in [0.29, 0.717) is 25.7 Å². The molecule has 4 N–H and O–H groups in total. The third-order valence-electron chi connectivity index (χ3n) is 4.55. The second kappa shape index (κ2) is 13.0. The molecule has 0 aliphatic carbocycles. The molecular weight excluding hydrogens is 336 g/mol. The lowest BCUT2D eigenvalue weighted by Gasteiger charge is -2.16. The van der Waals surface area contributed by atoms with Gasteiger partial charge in [0.1, 0.15) is 6.10 Å². The van der Waals surface area contributed by atoms with Gasteiger partial charge in [-0.15, -0.1) is 0 Å². The number of hydrogen-bond acceptors (Lipinski definition) is 5. The van der Waals surface area contributed by atoms with Crippen LogP contribution in [-0.4, -0.2) is 56.9 Å². The van der Waals surface area contributed by atoms with Gasteiger partial charge < -0.3 is 25.2 Å². The number of carbonyl (C=O) groups is 1. The van der Waals surface area contributed by atoms with Crippen molar-refractivity contribution in [1.82, 2.24) is 0 Å². The molecule has 1 saturated heterocycles. The molecule has 0 radical (unpaired) electrons. The summed E-state index contributed by atoms with van der Waals surface area (Å²) in [6.07, 6.45) is 10.2. The van der Waals surface area contributed by atoms with Gasteiger partial charge in [-0.05, 0) is 32.1 Å². The van der Waals surface area contributed by atoms with Crippen molar-refractivity contribution in [2.75, 3.05) is 0 Å². The summed E-state index contributed by atoms with van der Waals surface area (Å²) < 4.78 is 5.70. The molecule has 6 heteroatoms. The zero-order valence-corrected chi connectivity index (χ0v) is 15.7. The Hall–Kier alpha value is -1.21. The number of carboxylic acids is 1. The molecule has 0 aromatic heterocycles. The van der Waals surface area contributed by atoms with Crippen LogP contribution in [0.15, 0.2) is 24.3 Å². The van der Waals surface area contributed by atoms with Gasteiger partial charge in [-0.1, -0.05) is 44.1 Å². The van der Waals surface area contributed by atoms with Crippen LogP contribution in [0, 0.1) is 0 Å². The maximum Gasteiger partial charge on any atom is 0.303 e. The zero-order valence-electron chi connectivity index (χ0n) is 15.7. The first-order valence-corrected chi connectivity index (χ1v) is 9.68. The van der Waals surface area contributed by atoms with E-state index in [-0.39, 0.29) is 6.42 Å². The zero-order chi connectivity index (χ0) is 19.4. The second-order valence-electron chi connectivity index (χ2n) is 6.95. The fourth-order valence-electron chi connectivity index (χ4n) is 2.96. The molecule has 1 aliphatic rings. The predicted molar refractivity (Wildman–Crippen MR) is 99.8 cm³/mol. The highest BCUT2D eigenvalue weighted by molar-refractivity contribution is 5.66. The van der Waals surface area contributed by atoms with E-state index in [9.17, 15) is 20.1 Å². The van der Waals surface area contributed by atoms with Crippen LogP contribution in [0.3, 0.4) is 0 Å². The van der Waals surface area contributed by atoms with Crippen molar-refractivity contribution in [3.63, 3.8) is 0 Å². The topological polar surface area (TPSA) is 107 Å². The number of ether oxygens (including phenoxy) is 1. The van der Waals surface area contributed by atoms with Crippen LogP contribution in [0.4, 0.5) is 0 Å². The molecule has 0 amide bonds. The van der Waals surface area contributed by atoms with Crippen molar-refractivity contribution in [3.05, 3.63) is 24.3 Å². The van der Waals surface area contributed by atoms with Gasteiger partial charge in [-0.3, -0.25) is 4.79 Å². The maximum atomic E-state index is 10.5. The number of hydrogen-bond donors (Lipinski definition) is 4. The number of allylic oxidation sites excluding steroid dienone is 1. The van der Waals surface area contributed by atoms with E-state index < -0.39 is 36.5 Å².